The molecule has 1 aromatic heterocycles. The van der Waals surface area contributed by atoms with Gasteiger partial charge < -0.3 is 19.9 Å². The SMILES string of the molecule is Cc1cnc(CN2C[C@H](OC(C)C)[C@@H](O)C2)[nH]1.O=CO. The number of imidazole rings is 1. The summed E-state index contributed by atoms with van der Waals surface area (Å²) in [6, 6.07) is 0. The van der Waals surface area contributed by atoms with Crippen LogP contribution in [0.2, 0.25) is 0 Å². The van der Waals surface area contributed by atoms with Crippen molar-refractivity contribution in [3.63, 3.8) is 0 Å². The summed E-state index contributed by atoms with van der Waals surface area (Å²) in [6.45, 7) is 7.87. The fourth-order valence-corrected chi connectivity index (χ4v) is 2.20. The number of aromatic nitrogens is 2. The molecule has 1 aliphatic rings. The largest absolute Gasteiger partial charge is 0.483 e. The number of β-amino-alcohol motifs (C(OH)–C–C–N with tert-alkyl or cyclic N) is 1. The van der Waals surface area contributed by atoms with E-state index in [2.05, 4.69) is 14.9 Å². The first-order valence-electron chi connectivity index (χ1n) is 6.60. The molecule has 0 saturated carbocycles. The van der Waals surface area contributed by atoms with Gasteiger partial charge in [-0.2, -0.15) is 0 Å². The van der Waals surface area contributed by atoms with Crippen LogP contribution in [-0.2, 0) is 16.1 Å². The van der Waals surface area contributed by atoms with Gasteiger partial charge in [-0.25, -0.2) is 4.98 Å². The first kappa shape index (κ1) is 16.6. The van der Waals surface area contributed by atoms with Crippen LogP contribution < -0.4 is 0 Å². The molecule has 0 aromatic carbocycles. The molecule has 114 valence electrons. The lowest BCUT2D eigenvalue weighted by atomic mass is 10.2. The zero-order valence-corrected chi connectivity index (χ0v) is 12.1. The fourth-order valence-electron chi connectivity index (χ4n) is 2.20. The van der Waals surface area contributed by atoms with E-state index >= 15 is 0 Å². The second-order valence-corrected chi connectivity index (χ2v) is 5.10. The van der Waals surface area contributed by atoms with E-state index in [4.69, 9.17) is 14.6 Å². The van der Waals surface area contributed by atoms with E-state index < -0.39 is 6.10 Å². The quantitative estimate of drug-likeness (QED) is 0.692. The smallest absolute Gasteiger partial charge is 0.290 e. The minimum Gasteiger partial charge on any atom is -0.483 e. The summed E-state index contributed by atoms with van der Waals surface area (Å²) in [7, 11) is 0. The minimum absolute atomic E-state index is 0.0777. The van der Waals surface area contributed by atoms with E-state index in [0.29, 0.717) is 6.54 Å². The number of nitrogens with one attached hydrogen (secondary N) is 1. The van der Waals surface area contributed by atoms with Crippen LogP contribution in [0.4, 0.5) is 0 Å². The molecular formula is C13H23N3O4. The molecule has 3 N–H and O–H groups in total. The van der Waals surface area contributed by atoms with Gasteiger partial charge in [-0.15, -0.1) is 0 Å². The van der Waals surface area contributed by atoms with E-state index in [1.54, 1.807) is 0 Å². The number of hydrogen-bond donors (Lipinski definition) is 3. The average molecular weight is 285 g/mol. The summed E-state index contributed by atoms with van der Waals surface area (Å²) < 4.78 is 5.67. The molecule has 1 aliphatic heterocycles. The summed E-state index contributed by atoms with van der Waals surface area (Å²) in [4.78, 5) is 18.0. The normalized spacial score (nSPS) is 22.6. The zero-order valence-electron chi connectivity index (χ0n) is 12.1. The van der Waals surface area contributed by atoms with Crippen LogP contribution in [0.3, 0.4) is 0 Å². The molecular weight excluding hydrogens is 262 g/mol. The van der Waals surface area contributed by atoms with Gasteiger partial charge in [0, 0.05) is 25.0 Å². The van der Waals surface area contributed by atoms with Gasteiger partial charge in [0.1, 0.15) is 5.82 Å². The number of aryl methyl sites for hydroxylation is 1. The van der Waals surface area contributed by atoms with Gasteiger partial charge >= 0.3 is 0 Å². The summed E-state index contributed by atoms with van der Waals surface area (Å²) >= 11 is 0. The third-order valence-corrected chi connectivity index (χ3v) is 2.89. The Morgan fingerprint density at radius 3 is 2.75 bits per heavy atom. The van der Waals surface area contributed by atoms with E-state index in [9.17, 15) is 5.11 Å². The lowest BCUT2D eigenvalue weighted by Crippen LogP contribution is -2.29. The van der Waals surface area contributed by atoms with Crippen LogP contribution in [0.15, 0.2) is 6.20 Å². The molecule has 2 heterocycles. The van der Waals surface area contributed by atoms with Crippen molar-refractivity contribution >= 4 is 6.47 Å². The van der Waals surface area contributed by atoms with Crippen molar-refractivity contribution < 1.29 is 19.7 Å². The number of aliphatic hydroxyl groups excluding tert-OH is 1. The molecule has 0 bridgehead atoms. The maximum Gasteiger partial charge on any atom is 0.290 e. The molecule has 0 radical (unpaired) electrons. The predicted molar refractivity (Wildman–Crippen MR) is 73.3 cm³/mol. The highest BCUT2D eigenvalue weighted by Gasteiger charge is 2.32. The number of H-pyrrole nitrogens is 1. The molecule has 7 heteroatoms. The number of aliphatic hydroxyl groups is 1. The topological polar surface area (TPSA) is 98.7 Å². The van der Waals surface area contributed by atoms with Gasteiger partial charge in [-0.05, 0) is 20.8 Å². The molecule has 0 amide bonds. The van der Waals surface area contributed by atoms with Crippen LogP contribution in [-0.4, -0.2) is 63.0 Å². The summed E-state index contributed by atoms with van der Waals surface area (Å²) in [5.41, 5.74) is 1.06. The van der Waals surface area contributed by atoms with Crippen LogP contribution in [0.1, 0.15) is 25.4 Å². The van der Waals surface area contributed by atoms with Crippen molar-refractivity contribution in [1.82, 2.24) is 14.9 Å². The number of hydrogen-bond acceptors (Lipinski definition) is 5. The predicted octanol–water partition coefficient (Wildman–Crippen LogP) is 0.389. The molecule has 0 spiro atoms. The third kappa shape index (κ3) is 5.28. The van der Waals surface area contributed by atoms with E-state index in [1.165, 1.54) is 0 Å². The minimum atomic E-state index is -0.395. The molecule has 1 fully saturated rings. The van der Waals surface area contributed by atoms with Gasteiger partial charge in [-0.1, -0.05) is 0 Å². The summed E-state index contributed by atoms with van der Waals surface area (Å²) in [5, 5.41) is 16.8. The Morgan fingerprint density at radius 2 is 2.25 bits per heavy atom. The molecule has 2 atom stereocenters. The Morgan fingerprint density at radius 1 is 1.60 bits per heavy atom. The highest BCUT2D eigenvalue weighted by atomic mass is 16.5. The Hall–Kier alpha value is -1.44. The van der Waals surface area contributed by atoms with E-state index in [1.807, 2.05) is 27.0 Å². The molecule has 7 nitrogen and oxygen atoms in total. The van der Waals surface area contributed by atoms with Crippen molar-refractivity contribution in [2.45, 2.75) is 45.6 Å². The Balaban J connectivity index is 0.000000612. The highest BCUT2D eigenvalue weighted by molar-refractivity contribution is 5.32. The second kappa shape index (κ2) is 7.98. The van der Waals surface area contributed by atoms with Crippen LogP contribution in [0.5, 0.6) is 0 Å². The number of ether oxygens (including phenoxy) is 1. The number of nitrogens with zero attached hydrogens (tertiary/aromatic N) is 2. The van der Waals surface area contributed by atoms with E-state index in [0.717, 1.165) is 24.6 Å². The number of carboxylic acid groups (broad SMARTS) is 1. The molecule has 0 aliphatic carbocycles. The van der Waals surface area contributed by atoms with Crippen molar-refractivity contribution in [2.75, 3.05) is 13.1 Å². The van der Waals surface area contributed by atoms with Crippen LogP contribution >= 0.6 is 0 Å². The van der Waals surface area contributed by atoms with Gasteiger partial charge in [-0.3, -0.25) is 9.69 Å². The van der Waals surface area contributed by atoms with Crippen molar-refractivity contribution in [3.05, 3.63) is 17.7 Å². The molecule has 1 saturated heterocycles. The Labute approximate surface area is 118 Å². The van der Waals surface area contributed by atoms with Crippen LogP contribution in [0, 0.1) is 6.92 Å². The number of aromatic amines is 1. The van der Waals surface area contributed by atoms with E-state index in [-0.39, 0.29) is 18.7 Å². The number of rotatable bonds is 4. The lowest BCUT2D eigenvalue weighted by molar-refractivity contribution is -0.122. The van der Waals surface area contributed by atoms with Crippen molar-refractivity contribution in [1.29, 1.82) is 0 Å². The van der Waals surface area contributed by atoms with Crippen LogP contribution in [0.25, 0.3) is 0 Å². The molecule has 1 aromatic rings. The molecule has 0 unspecified atom stereocenters. The van der Waals surface area contributed by atoms with Gasteiger partial charge in [0.2, 0.25) is 0 Å². The number of carbonyl (C=O) groups is 1. The average Bonchev–Trinajstić information content (AvgIpc) is 2.87. The summed E-state index contributed by atoms with van der Waals surface area (Å²) in [6.07, 6.45) is 1.50. The Bertz CT molecular complexity index is 408. The third-order valence-electron chi connectivity index (χ3n) is 2.89. The van der Waals surface area contributed by atoms with Gasteiger partial charge in [0.15, 0.2) is 0 Å². The monoisotopic (exact) mass is 285 g/mol. The standard InChI is InChI=1S/C12H21N3O2.CH2O2/c1-8(2)17-11-6-15(5-10(11)16)7-12-13-4-9(3)14-12;2-1-3/h4,8,10-11,16H,5-7H2,1-3H3,(H,13,14);1H,(H,2,3)/t10-,11-;/m0./s1. The number of likely N-dealkylation sites (tertiary alicyclic amines) is 1. The molecule has 20 heavy (non-hydrogen) atoms. The maximum atomic E-state index is 9.89. The first-order valence-corrected chi connectivity index (χ1v) is 6.60. The Kier molecular flexibility index (Phi) is 6.63. The lowest BCUT2D eigenvalue weighted by Gasteiger charge is -2.17. The second-order valence-electron chi connectivity index (χ2n) is 5.10. The van der Waals surface area contributed by atoms with Gasteiger partial charge in [0.25, 0.3) is 6.47 Å². The fraction of sp³-hybridized carbons (Fsp3) is 0.692. The zero-order chi connectivity index (χ0) is 15.1. The van der Waals surface area contributed by atoms with Gasteiger partial charge in [0.05, 0.1) is 24.9 Å². The highest BCUT2D eigenvalue weighted by Crippen LogP contribution is 2.17. The molecule has 2 rings (SSSR count). The maximum absolute atomic E-state index is 9.89. The summed E-state index contributed by atoms with van der Waals surface area (Å²) in [5.74, 6) is 0.944. The van der Waals surface area contributed by atoms with Crippen molar-refractivity contribution in [3.8, 4) is 0 Å². The van der Waals surface area contributed by atoms with Crippen molar-refractivity contribution in [2.24, 2.45) is 0 Å². The first-order chi connectivity index (χ1) is 9.46.